The van der Waals surface area contributed by atoms with E-state index in [9.17, 15) is 5.11 Å². The molecule has 2 fully saturated rings. The molecule has 0 aromatic carbocycles. The highest BCUT2D eigenvalue weighted by Gasteiger charge is 2.52. The largest absolute Gasteiger partial charge is 0.386 e. The van der Waals surface area contributed by atoms with Gasteiger partial charge in [-0.2, -0.15) is 0 Å². The zero-order valence-electron chi connectivity index (χ0n) is 9.56. The summed E-state index contributed by atoms with van der Waals surface area (Å²) in [7, 11) is 0. The predicted octanol–water partition coefficient (Wildman–Crippen LogP) is 1.00. The van der Waals surface area contributed by atoms with Gasteiger partial charge in [0, 0.05) is 11.8 Å². The number of aromatic nitrogens is 2. The summed E-state index contributed by atoms with van der Waals surface area (Å²) in [5.74, 6) is 1.49. The molecule has 1 aromatic heterocycles. The maximum Gasteiger partial charge on any atom is 0.132 e. The van der Waals surface area contributed by atoms with Crippen molar-refractivity contribution >= 4 is 5.82 Å². The van der Waals surface area contributed by atoms with E-state index in [-0.39, 0.29) is 0 Å². The molecule has 2 heterocycles. The smallest absolute Gasteiger partial charge is 0.132 e. The van der Waals surface area contributed by atoms with Crippen molar-refractivity contribution in [2.24, 2.45) is 5.92 Å². The number of anilines is 1. The van der Waals surface area contributed by atoms with Crippen molar-refractivity contribution in [3.8, 4) is 0 Å². The lowest BCUT2D eigenvalue weighted by Gasteiger charge is -2.47. The van der Waals surface area contributed by atoms with Gasteiger partial charge >= 0.3 is 0 Å². The number of nitrogens with zero attached hydrogens (tertiary/aromatic N) is 3. The molecule has 1 aliphatic heterocycles. The number of hydrogen-bond donors (Lipinski definition) is 1. The Morgan fingerprint density at radius 3 is 2.81 bits per heavy atom. The Hall–Kier alpha value is -1.16. The quantitative estimate of drug-likeness (QED) is 0.824. The highest BCUT2D eigenvalue weighted by Crippen LogP contribution is 2.45. The zero-order chi connectivity index (χ0) is 11.2. The Morgan fingerprint density at radius 2 is 2.19 bits per heavy atom. The number of hydrogen-bond acceptors (Lipinski definition) is 4. The minimum absolute atomic E-state index is 0.433. The summed E-state index contributed by atoms with van der Waals surface area (Å²) in [6, 6.07) is 2.02. The van der Waals surface area contributed by atoms with Gasteiger partial charge in [0.1, 0.15) is 17.7 Å². The lowest BCUT2D eigenvalue weighted by atomic mass is 9.89. The van der Waals surface area contributed by atoms with Crippen LogP contribution in [0.4, 0.5) is 5.82 Å². The maximum absolute atomic E-state index is 10.2. The van der Waals surface area contributed by atoms with Gasteiger partial charge < -0.3 is 10.0 Å². The summed E-state index contributed by atoms with van der Waals surface area (Å²) in [5, 5.41) is 10.2. The molecule has 0 atom stereocenters. The minimum Gasteiger partial charge on any atom is -0.386 e. The van der Waals surface area contributed by atoms with Crippen molar-refractivity contribution in [3.63, 3.8) is 0 Å². The van der Waals surface area contributed by atoms with Gasteiger partial charge in [0.15, 0.2) is 0 Å². The van der Waals surface area contributed by atoms with Crippen LogP contribution in [0.1, 0.15) is 25.5 Å². The first-order valence-corrected chi connectivity index (χ1v) is 5.99. The average Bonchev–Trinajstić information content (AvgIpc) is 3.09. The molecular formula is C12H17N3O. The van der Waals surface area contributed by atoms with Crippen LogP contribution in [0.3, 0.4) is 0 Å². The van der Waals surface area contributed by atoms with Crippen molar-refractivity contribution in [1.29, 1.82) is 0 Å². The highest BCUT2D eigenvalue weighted by molar-refractivity contribution is 5.44. The Bertz CT molecular complexity index is 397. The fraction of sp³-hybridized carbons (Fsp3) is 0.667. The standard InChI is InChI=1S/C12H17N3O/c1-2-10-5-11(14-8-13-10)15-6-12(16,7-15)9-3-4-9/h5,8-9,16H,2-4,6-7H2,1H3. The van der Waals surface area contributed by atoms with Crippen molar-refractivity contribution in [3.05, 3.63) is 18.1 Å². The molecule has 2 aliphatic rings. The van der Waals surface area contributed by atoms with E-state index in [4.69, 9.17) is 0 Å². The summed E-state index contributed by atoms with van der Waals surface area (Å²) in [4.78, 5) is 10.6. The molecule has 1 aromatic rings. The second kappa shape index (κ2) is 3.42. The van der Waals surface area contributed by atoms with Gasteiger partial charge in [0.05, 0.1) is 13.1 Å². The molecule has 0 bridgehead atoms. The van der Waals surface area contributed by atoms with Crippen molar-refractivity contribution < 1.29 is 5.11 Å². The first-order valence-electron chi connectivity index (χ1n) is 5.99. The van der Waals surface area contributed by atoms with Crippen LogP contribution < -0.4 is 4.90 Å². The van der Waals surface area contributed by atoms with Crippen molar-refractivity contribution in [1.82, 2.24) is 9.97 Å². The topological polar surface area (TPSA) is 49.2 Å². The molecular weight excluding hydrogens is 202 g/mol. The molecule has 1 saturated carbocycles. The van der Waals surface area contributed by atoms with E-state index in [1.165, 1.54) is 12.8 Å². The van der Waals surface area contributed by atoms with E-state index in [0.717, 1.165) is 31.0 Å². The van der Waals surface area contributed by atoms with Gasteiger partial charge in [0.25, 0.3) is 0 Å². The number of aliphatic hydroxyl groups is 1. The normalized spacial score (nSPS) is 23.0. The maximum atomic E-state index is 10.2. The molecule has 3 rings (SSSR count). The van der Waals surface area contributed by atoms with Crippen LogP contribution in [-0.4, -0.2) is 33.8 Å². The Labute approximate surface area is 95.3 Å². The summed E-state index contributed by atoms with van der Waals surface area (Å²) in [6.45, 7) is 3.55. The van der Waals surface area contributed by atoms with E-state index in [2.05, 4.69) is 21.8 Å². The summed E-state index contributed by atoms with van der Waals surface area (Å²) < 4.78 is 0. The van der Waals surface area contributed by atoms with Gasteiger partial charge in [-0.15, -0.1) is 0 Å². The molecule has 86 valence electrons. The molecule has 1 aliphatic carbocycles. The van der Waals surface area contributed by atoms with Crippen LogP contribution in [0.5, 0.6) is 0 Å². The zero-order valence-corrected chi connectivity index (χ0v) is 9.56. The third-order valence-electron chi connectivity index (χ3n) is 3.66. The molecule has 1 N–H and O–H groups in total. The molecule has 1 saturated heterocycles. The minimum atomic E-state index is -0.433. The van der Waals surface area contributed by atoms with Crippen LogP contribution in [0, 0.1) is 5.92 Å². The monoisotopic (exact) mass is 219 g/mol. The summed E-state index contributed by atoms with van der Waals surface area (Å²) in [5.41, 5.74) is 0.629. The van der Waals surface area contributed by atoms with Gasteiger partial charge in [-0.1, -0.05) is 6.92 Å². The number of aryl methyl sites for hydroxylation is 1. The van der Waals surface area contributed by atoms with Gasteiger partial charge in [0.2, 0.25) is 0 Å². The van der Waals surface area contributed by atoms with Gasteiger partial charge in [-0.25, -0.2) is 9.97 Å². The molecule has 0 unspecified atom stereocenters. The Balaban J connectivity index is 1.70. The van der Waals surface area contributed by atoms with Crippen molar-refractivity contribution in [2.45, 2.75) is 31.8 Å². The molecule has 0 amide bonds. The molecule has 16 heavy (non-hydrogen) atoms. The first kappa shape index (κ1) is 10.0. The molecule has 0 radical (unpaired) electrons. The fourth-order valence-electron chi connectivity index (χ4n) is 2.41. The molecule has 4 nitrogen and oxygen atoms in total. The molecule has 0 spiro atoms. The van der Waals surface area contributed by atoms with Crippen LogP contribution >= 0.6 is 0 Å². The second-order valence-corrected chi connectivity index (χ2v) is 4.96. The average molecular weight is 219 g/mol. The third kappa shape index (κ3) is 1.57. The van der Waals surface area contributed by atoms with E-state index in [0.29, 0.717) is 5.92 Å². The highest BCUT2D eigenvalue weighted by atomic mass is 16.3. The SMILES string of the molecule is CCc1cc(N2CC(O)(C3CC3)C2)ncn1. The number of rotatable bonds is 3. The van der Waals surface area contributed by atoms with Gasteiger partial charge in [-0.05, 0) is 25.2 Å². The lowest BCUT2D eigenvalue weighted by Crippen LogP contribution is -2.63. The second-order valence-electron chi connectivity index (χ2n) is 4.96. The summed E-state index contributed by atoms with van der Waals surface area (Å²) >= 11 is 0. The van der Waals surface area contributed by atoms with Crippen LogP contribution in [-0.2, 0) is 6.42 Å². The van der Waals surface area contributed by atoms with Crippen LogP contribution in [0.25, 0.3) is 0 Å². The molecule has 4 heteroatoms. The predicted molar refractivity (Wildman–Crippen MR) is 61.3 cm³/mol. The third-order valence-corrected chi connectivity index (χ3v) is 3.66. The van der Waals surface area contributed by atoms with E-state index in [1.807, 2.05) is 6.07 Å². The summed E-state index contributed by atoms with van der Waals surface area (Å²) in [6.07, 6.45) is 4.92. The first-order chi connectivity index (χ1) is 7.71. The Morgan fingerprint density at radius 1 is 1.44 bits per heavy atom. The fourth-order valence-corrected chi connectivity index (χ4v) is 2.41. The van der Waals surface area contributed by atoms with Crippen LogP contribution in [0.2, 0.25) is 0 Å². The van der Waals surface area contributed by atoms with E-state index < -0.39 is 5.60 Å². The van der Waals surface area contributed by atoms with E-state index >= 15 is 0 Å². The van der Waals surface area contributed by atoms with Gasteiger partial charge in [-0.3, -0.25) is 0 Å². The van der Waals surface area contributed by atoms with Crippen molar-refractivity contribution in [2.75, 3.05) is 18.0 Å². The lowest BCUT2D eigenvalue weighted by molar-refractivity contribution is -0.00976. The number of β-amino-alcohol motifs (C(OH)–C–C–N with tert-alkyl or cyclic N) is 1. The van der Waals surface area contributed by atoms with E-state index in [1.54, 1.807) is 6.33 Å². The van der Waals surface area contributed by atoms with Crippen LogP contribution in [0.15, 0.2) is 12.4 Å². The Kier molecular flexibility index (Phi) is 2.14.